The van der Waals surface area contributed by atoms with Gasteiger partial charge in [-0.25, -0.2) is 0 Å². The first kappa shape index (κ1) is 16.7. The van der Waals surface area contributed by atoms with Gasteiger partial charge in [-0.2, -0.15) is 0 Å². The Morgan fingerprint density at radius 1 is 1.36 bits per heavy atom. The molecule has 1 heterocycles. The first-order valence-electron chi connectivity index (χ1n) is 8.07. The molecule has 0 aliphatic carbocycles. The molecule has 3 N–H and O–H groups in total. The van der Waals surface area contributed by atoms with Gasteiger partial charge in [-0.1, -0.05) is 25.5 Å². The van der Waals surface area contributed by atoms with Crippen molar-refractivity contribution in [3.8, 4) is 0 Å². The highest BCUT2D eigenvalue weighted by Gasteiger charge is 2.28. The lowest BCUT2D eigenvalue weighted by atomic mass is 10.0. The van der Waals surface area contributed by atoms with E-state index in [2.05, 4.69) is 24.4 Å². The number of nitrogens with zero attached hydrogens (tertiary/aromatic N) is 1. The van der Waals surface area contributed by atoms with Crippen LogP contribution in [0.2, 0.25) is 0 Å². The molecule has 1 amide bonds. The smallest absolute Gasteiger partial charge is 0.240 e. The Morgan fingerprint density at radius 3 is 2.73 bits per heavy atom. The van der Waals surface area contributed by atoms with Crippen molar-refractivity contribution in [3.05, 3.63) is 29.8 Å². The van der Waals surface area contributed by atoms with Crippen LogP contribution in [0, 0.1) is 0 Å². The molecule has 0 spiro atoms. The fourth-order valence-electron chi connectivity index (χ4n) is 2.80. The lowest BCUT2D eigenvalue weighted by Gasteiger charge is -2.35. The number of carbonyl (C=O) groups excluding carboxylic acids is 1. The van der Waals surface area contributed by atoms with Gasteiger partial charge in [0.15, 0.2) is 5.11 Å². The number of anilines is 1. The number of likely N-dealkylation sites (tertiary alicyclic amines) is 1. The maximum Gasteiger partial charge on any atom is 0.240 e. The van der Waals surface area contributed by atoms with Crippen molar-refractivity contribution in [2.45, 2.75) is 51.5 Å². The van der Waals surface area contributed by atoms with E-state index in [4.69, 9.17) is 18.0 Å². The minimum absolute atomic E-state index is 0.280. The summed E-state index contributed by atoms with van der Waals surface area (Å²) in [5.41, 5.74) is 7.78. The number of rotatable bonds is 5. The Bertz CT molecular complexity index is 515. The van der Waals surface area contributed by atoms with Crippen molar-refractivity contribution in [1.29, 1.82) is 0 Å². The normalized spacial score (nSPS) is 18.0. The van der Waals surface area contributed by atoms with Crippen molar-refractivity contribution in [2.75, 3.05) is 11.9 Å². The number of piperidine rings is 1. The van der Waals surface area contributed by atoms with Crippen LogP contribution in [0.3, 0.4) is 0 Å². The maximum absolute atomic E-state index is 11.6. The van der Waals surface area contributed by atoms with E-state index < -0.39 is 0 Å². The number of primary amides is 1. The average Bonchev–Trinajstić information content (AvgIpc) is 2.54. The molecule has 0 saturated carbocycles. The fourth-order valence-corrected chi connectivity index (χ4v) is 3.14. The number of nitrogens with two attached hydrogens (primary N) is 1. The second-order valence-electron chi connectivity index (χ2n) is 5.84. The number of hydrogen-bond acceptors (Lipinski definition) is 2. The van der Waals surface area contributed by atoms with Crippen molar-refractivity contribution in [1.82, 2.24) is 4.90 Å². The number of amides is 1. The van der Waals surface area contributed by atoms with E-state index in [1.165, 1.54) is 18.4 Å². The number of unbranched alkanes of at least 4 members (excludes halogenated alkanes) is 1. The van der Waals surface area contributed by atoms with Gasteiger partial charge in [0, 0.05) is 12.2 Å². The van der Waals surface area contributed by atoms with Crippen LogP contribution in [0.25, 0.3) is 0 Å². The molecular weight excluding hydrogens is 294 g/mol. The second-order valence-corrected chi connectivity index (χ2v) is 6.22. The standard InChI is InChI=1S/C17H25N3OS/c1-2-3-6-13-8-10-14(11-9-13)19-17(22)20-12-5-4-7-15(20)16(18)21/h8-11,15H,2-7,12H2,1H3,(H2,18,21)(H,19,22). The minimum Gasteiger partial charge on any atom is -0.368 e. The highest BCUT2D eigenvalue weighted by Crippen LogP contribution is 2.19. The summed E-state index contributed by atoms with van der Waals surface area (Å²) in [4.78, 5) is 13.5. The molecule has 2 rings (SSSR count). The highest BCUT2D eigenvalue weighted by molar-refractivity contribution is 7.80. The molecule has 4 nitrogen and oxygen atoms in total. The van der Waals surface area contributed by atoms with Crippen LogP contribution in [0.15, 0.2) is 24.3 Å². The zero-order valence-electron chi connectivity index (χ0n) is 13.2. The van der Waals surface area contributed by atoms with Gasteiger partial charge in [-0.05, 0) is 62.0 Å². The predicted molar refractivity (Wildman–Crippen MR) is 94.8 cm³/mol. The summed E-state index contributed by atoms with van der Waals surface area (Å²) >= 11 is 5.46. The summed E-state index contributed by atoms with van der Waals surface area (Å²) < 4.78 is 0. The van der Waals surface area contributed by atoms with Gasteiger partial charge < -0.3 is 16.0 Å². The minimum atomic E-state index is -0.293. The van der Waals surface area contributed by atoms with E-state index in [-0.39, 0.29) is 11.9 Å². The van der Waals surface area contributed by atoms with Gasteiger partial charge in [0.25, 0.3) is 0 Å². The van der Waals surface area contributed by atoms with Gasteiger partial charge in [0.05, 0.1) is 0 Å². The molecule has 1 unspecified atom stereocenters. The number of thiocarbonyl (C=S) groups is 1. The molecule has 1 aromatic carbocycles. The predicted octanol–water partition coefficient (Wildman–Crippen LogP) is 3.07. The van der Waals surface area contributed by atoms with Crippen molar-refractivity contribution < 1.29 is 4.79 Å². The van der Waals surface area contributed by atoms with E-state index in [1.54, 1.807) is 0 Å². The summed E-state index contributed by atoms with van der Waals surface area (Å²) in [5.74, 6) is -0.293. The lowest BCUT2D eigenvalue weighted by Crippen LogP contribution is -2.51. The first-order valence-corrected chi connectivity index (χ1v) is 8.48. The second kappa shape index (κ2) is 8.13. The fraction of sp³-hybridized carbons (Fsp3) is 0.529. The van der Waals surface area contributed by atoms with E-state index in [0.29, 0.717) is 5.11 Å². The Kier molecular flexibility index (Phi) is 6.19. The summed E-state index contributed by atoms with van der Waals surface area (Å²) in [7, 11) is 0. The molecule has 5 heteroatoms. The zero-order chi connectivity index (χ0) is 15.9. The highest BCUT2D eigenvalue weighted by atomic mass is 32.1. The third-order valence-electron chi connectivity index (χ3n) is 4.12. The van der Waals surface area contributed by atoms with Crippen LogP contribution in [0.1, 0.15) is 44.6 Å². The largest absolute Gasteiger partial charge is 0.368 e. The molecule has 1 aromatic rings. The van der Waals surface area contributed by atoms with E-state index >= 15 is 0 Å². The summed E-state index contributed by atoms with van der Waals surface area (Å²) in [6.07, 6.45) is 6.37. The molecule has 1 aliphatic heterocycles. The summed E-state index contributed by atoms with van der Waals surface area (Å²) in [6, 6.07) is 8.06. The Labute approximate surface area is 138 Å². The van der Waals surface area contributed by atoms with E-state index in [0.717, 1.165) is 37.9 Å². The van der Waals surface area contributed by atoms with Crippen LogP contribution >= 0.6 is 12.2 Å². The van der Waals surface area contributed by atoms with Crippen LogP contribution in [0.5, 0.6) is 0 Å². The third-order valence-corrected chi connectivity index (χ3v) is 4.45. The van der Waals surface area contributed by atoms with E-state index in [1.807, 2.05) is 17.0 Å². The average molecular weight is 319 g/mol. The molecule has 0 radical (unpaired) electrons. The van der Waals surface area contributed by atoms with Gasteiger partial charge in [0.2, 0.25) is 5.91 Å². The molecule has 1 atom stereocenters. The number of aryl methyl sites for hydroxylation is 1. The molecule has 1 fully saturated rings. The molecule has 1 saturated heterocycles. The lowest BCUT2D eigenvalue weighted by molar-refractivity contribution is -0.122. The Hall–Kier alpha value is -1.62. The van der Waals surface area contributed by atoms with E-state index in [9.17, 15) is 4.79 Å². The van der Waals surface area contributed by atoms with Crippen LogP contribution in [0.4, 0.5) is 5.69 Å². The number of nitrogens with one attached hydrogen (secondary N) is 1. The van der Waals surface area contributed by atoms with Crippen molar-refractivity contribution in [3.63, 3.8) is 0 Å². The number of benzene rings is 1. The topological polar surface area (TPSA) is 58.4 Å². The van der Waals surface area contributed by atoms with Crippen molar-refractivity contribution in [2.24, 2.45) is 5.73 Å². The van der Waals surface area contributed by atoms with Crippen LogP contribution < -0.4 is 11.1 Å². The SMILES string of the molecule is CCCCc1ccc(NC(=S)N2CCCCC2C(N)=O)cc1. The quantitative estimate of drug-likeness (QED) is 0.819. The molecule has 0 bridgehead atoms. The summed E-state index contributed by atoms with van der Waals surface area (Å²) in [5, 5.41) is 3.82. The Morgan fingerprint density at radius 2 is 2.09 bits per heavy atom. The Balaban J connectivity index is 1.96. The van der Waals surface area contributed by atoms with Gasteiger partial charge in [-0.15, -0.1) is 0 Å². The van der Waals surface area contributed by atoms with Gasteiger partial charge in [-0.3, -0.25) is 4.79 Å². The molecule has 1 aliphatic rings. The molecule has 22 heavy (non-hydrogen) atoms. The maximum atomic E-state index is 11.6. The molecule has 120 valence electrons. The first-order chi connectivity index (χ1) is 10.6. The third kappa shape index (κ3) is 4.44. The number of hydrogen-bond donors (Lipinski definition) is 2. The van der Waals surface area contributed by atoms with Crippen molar-refractivity contribution >= 4 is 28.9 Å². The van der Waals surface area contributed by atoms with Crippen LogP contribution in [-0.2, 0) is 11.2 Å². The number of carbonyl (C=O) groups is 1. The monoisotopic (exact) mass is 319 g/mol. The summed E-state index contributed by atoms with van der Waals surface area (Å²) in [6.45, 7) is 2.98. The van der Waals surface area contributed by atoms with Gasteiger partial charge in [0.1, 0.15) is 6.04 Å². The molecular formula is C17H25N3OS. The molecule has 0 aromatic heterocycles. The van der Waals surface area contributed by atoms with Crippen LogP contribution in [-0.4, -0.2) is 28.5 Å². The zero-order valence-corrected chi connectivity index (χ0v) is 14.0. The van der Waals surface area contributed by atoms with Gasteiger partial charge >= 0.3 is 0 Å².